The van der Waals surface area contributed by atoms with Crippen LogP contribution in [0.15, 0.2) is 11.6 Å². The van der Waals surface area contributed by atoms with Gasteiger partial charge in [0, 0.05) is 30.1 Å². The number of carbonyl (C=O) groups excluding carboxylic acids is 3. The summed E-state index contributed by atoms with van der Waals surface area (Å²) in [6, 6.07) is 0. The first-order valence-electron chi connectivity index (χ1n) is 10.7. The number of rotatable bonds is 2. The number of Topliss-reactive ketones (excluding diaryl/α,β-unsaturated/α-hetero) is 1. The molecule has 7 atom stereocenters. The fraction of sp³-hybridized carbons (Fsp3) is 0.783. The Morgan fingerprint density at radius 3 is 2.45 bits per heavy atom. The van der Waals surface area contributed by atoms with Crippen LogP contribution in [0.2, 0.25) is 0 Å². The molecule has 0 aromatic heterocycles. The number of esters is 1. The Morgan fingerprint density at radius 2 is 1.83 bits per heavy atom. The summed E-state index contributed by atoms with van der Waals surface area (Å²) in [5.41, 5.74) is -4.05. The maximum atomic E-state index is 17.0. The van der Waals surface area contributed by atoms with Gasteiger partial charge in [0.05, 0.1) is 6.10 Å². The molecule has 0 amide bonds. The lowest BCUT2D eigenvalue weighted by Crippen LogP contribution is -2.69. The number of aliphatic hydroxyl groups is 1. The Morgan fingerprint density at radius 1 is 1.14 bits per heavy atom. The second-order valence-corrected chi connectivity index (χ2v) is 10.1. The second-order valence-electron chi connectivity index (χ2n) is 10.1. The Labute approximate surface area is 171 Å². The lowest BCUT2D eigenvalue weighted by Gasteiger charge is -2.63. The van der Waals surface area contributed by atoms with Crippen molar-refractivity contribution in [1.29, 1.82) is 0 Å². The molecule has 160 valence electrons. The third kappa shape index (κ3) is 2.38. The summed E-state index contributed by atoms with van der Waals surface area (Å²) in [7, 11) is 0. The normalized spacial score (nSPS) is 48.8. The summed E-state index contributed by atoms with van der Waals surface area (Å²) >= 11 is 0. The average molecular weight is 406 g/mol. The minimum atomic E-state index is -1.86. The van der Waals surface area contributed by atoms with E-state index in [1.54, 1.807) is 6.08 Å². The predicted octanol–water partition coefficient (Wildman–Crippen LogP) is 3.47. The van der Waals surface area contributed by atoms with Crippen LogP contribution in [0.5, 0.6) is 0 Å². The molecule has 5 nitrogen and oxygen atoms in total. The molecule has 0 aromatic rings. The van der Waals surface area contributed by atoms with E-state index in [0.29, 0.717) is 32.1 Å². The van der Waals surface area contributed by atoms with Crippen molar-refractivity contribution >= 4 is 17.5 Å². The van der Waals surface area contributed by atoms with E-state index in [1.807, 2.05) is 13.8 Å². The number of halogens is 1. The summed E-state index contributed by atoms with van der Waals surface area (Å²) in [5.74, 6) is -1.35. The van der Waals surface area contributed by atoms with Crippen molar-refractivity contribution in [1.82, 2.24) is 0 Å². The van der Waals surface area contributed by atoms with Gasteiger partial charge in [0.2, 0.25) is 0 Å². The fourth-order valence-electron chi connectivity index (χ4n) is 7.62. The molecule has 0 aliphatic heterocycles. The maximum Gasteiger partial charge on any atom is 0.303 e. The van der Waals surface area contributed by atoms with E-state index >= 15 is 4.39 Å². The molecular formula is C23H31FO5. The van der Waals surface area contributed by atoms with Crippen LogP contribution in [-0.2, 0) is 19.1 Å². The quantitative estimate of drug-likeness (QED) is 0.710. The highest BCUT2D eigenvalue weighted by Crippen LogP contribution is 2.70. The fourth-order valence-corrected chi connectivity index (χ4v) is 7.62. The van der Waals surface area contributed by atoms with Gasteiger partial charge in [0.1, 0.15) is 5.67 Å². The zero-order valence-corrected chi connectivity index (χ0v) is 17.7. The van der Waals surface area contributed by atoms with Gasteiger partial charge in [-0.2, -0.15) is 0 Å². The van der Waals surface area contributed by atoms with Crippen molar-refractivity contribution in [3.8, 4) is 0 Å². The number of fused-ring (bicyclic) bond motifs is 5. The summed E-state index contributed by atoms with van der Waals surface area (Å²) in [5, 5.41) is 11.3. The highest BCUT2D eigenvalue weighted by molar-refractivity contribution is 5.92. The van der Waals surface area contributed by atoms with Crippen LogP contribution in [0, 0.1) is 22.7 Å². The van der Waals surface area contributed by atoms with Crippen LogP contribution in [0.3, 0.4) is 0 Å². The minimum Gasteiger partial charge on any atom is -0.451 e. The molecule has 6 heteroatoms. The zero-order valence-electron chi connectivity index (χ0n) is 17.7. The van der Waals surface area contributed by atoms with E-state index in [1.165, 1.54) is 13.8 Å². The van der Waals surface area contributed by atoms with Crippen molar-refractivity contribution in [2.75, 3.05) is 0 Å². The smallest absolute Gasteiger partial charge is 0.303 e. The largest absolute Gasteiger partial charge is 0.451 e. The molecule has 1 N–H and O–H groups in total. The molecule has 4 aliphatic carbocycles. The van der Waals surface area contributed by atoms with Crippen molar-refractivity contribution in [3.05, 3.63) is 11.6 Å². The van der Waals surface area contributed by atoms with Crippen LogP contribution in [0.1, 0.15) is 72.6 Å². The number of allylic oxidation sites excluding steroid dienone is 1. The average Bonchev–Trinajstić information content (AvgIpc) is 2.90. The summed E-state index contributed by atoms with van der Waals surface area (Å²) in [6.45, 7) is 6.45. The van der Waals surface area contributed by atoms with Gasteiger partial charge in [-0.15, -0.1) is 0 Å². The number of ether oxygens (including phenoxy) is 1. The predicted molar refractivity (Wildman–Crippen MR) is 104 cm³/mol. The summed E-state index contributed by atoms with van der Waals surface area (Å²) < 4.78 is 22.6. The van der Waals surface area contributed by atoms with Gasteiger partial charge in [0.25, 0.3) is 0 Å². The van der Waals surface area contributed by atoms with Gasteiger partial charge in [-0.3, -0.25) is 14.4 Å². The topological polar surface area (TPSA) is 80.7 Å². The van der Waals surface area contributed by atoms with Gasteiger partial charge in [-0.1, -0.05) is 19.4 Å². The van der Waals surface area contributed by atoms with E-state index in [2.05, 4.69) is 0 Å². The monoisotopic (exact) mass is 406 g/mol. The molecule has 29 heavy (non-hydrogen) atoms. The van der Waals surface area contributed by atoms with E-state index in [-0.39, 0.29) is 30.3 Å². The molecule has 3 saturated carbocycles. The first kappa shape index (κ1) is 20.7. The maximum absolute atomic E-state index is 17.0. The number of hydrogen-bond acceptors (Lipinski definition) is 5. The number of ketones is 2. The van der Waals surface area contributed by atoms with Gasteiger partial charge in [-0.25, -0.2) is 4.39 Å². The van der Waals surface area contributed by atoms with E-state index in [0.717, 1.165) is 5.57 Å². The highest BCUT2D eigenvalue weighted by Gasteiger charge is 2.75. The van der Waals surface area contributed by atoms with E-state index in [9.17, 15) is 19.5 Å². The minimum absolute atomic E-state index is 0.0287. The van der Waals surface area contributed by atoms with Crippen LogP contribution in [0.25, 0.3) is 0 Å². The van der Waals surface area contributed by atoms with Crippen molar-refractivity contribution in [2.24, 2.45) is 22.7 Å². The van der Waals surface area contributed by atoms with Crippen LogP contribution >= 0.6 is 0 Å². The van der Waals surface area contributed by atoms with Crippen molar-refractivity contribution in [3.63, 3.8) is 0 Å². The highest BCUT2D eigenvalue weighted by atomic mass is 19.1. The Hall–Kier alpha value is -1.56. The SMILES string of the molecule is CC(=O)O[C@]1(C(C)=O)CC[C@@H]2[C@H]3CCC4=CC(=O)CC[C@]4(C)[C@]3(F)[C@@H](O)C[C@]21C. The molecule has 0 saturated heterocycles. The Kier molecular flexibility index (Phi) is 4.44. The van der Waals surface area contributed by atoms with E-state index < -0.39 is 40.1 Å². The zero-order chi connectivity index (χ0) is 21.4. The van der Waals surface area contributed by atoms with Crippen LogP contribution in [-0.4, -0.2) is 40.0 Å². The second kappa shape index (κ2) is 6.22. The van der Waals surface area contributed by atoms with E-state index in [4.69, 9.17) is 4.74 Å². The molecule has 0 radical (unpaired) electrons. The summed E-state index contributed by atoms with van der Waals surface area (Å²) in [6.07, 6.45) is 3.15. The number of carbonyl (C=O) groups is 3. The molecule has 3 fully saturated rings. The van der Waals surface area contributed by atoms with Gasteiger partial charge in [0.15, 0.2) is 17.2 Å². The Balaban J connectivity index is 1.81. The van der Waals surface area contributed by atoms with Crippen molar-refractivity contribution < 1.29 is 28.6 Å². The van der Waals surface area contributed by atoms with Crippen LogP contribution in [0.4, 0.5) is 4.39 Å². The molecule has 0 bridgehead atoms. The number of aliphatic hydroxyl groups excluding tert-OH is 1. The van der Waals surface area contributed by atoms with Crippen LogP contribution < -0.4 is 0 Å². The molecule has 0 unspecified atom stereocenters. The molecule has 0 heterocycles. The lowest BCUT2D eigenvalue weighted by atomic mass is 9.44. The lowest BCUT2D eigenvalue weighted by molar-refractivity contribution is -0.231. The summed E-state index contributed by atoms with van der Waals surface area (Å²) in [4.78, 5) is 36.6. The molecule has 4 rings (SSSR count). The Bertz CT molecular complexity index is 820. The number of alkyl halides is 1. The standard InChI is InChI=1S/C23H31FO5/c1-13(25)22(29-14(2)26)10-8-17-18-6-5-15-11-16(27)7-9-20(15,3)23(18,24)19(28)12-21(17,22)4/h11,17-19,28H,5-10,12H2,1-4H3/t17-,18-,19+,20+,21-,22+,23-/m1/s1. The first-order valence-corrected chi connectivity index (χ1v) is 10.7. The van der Waals surface area contributed by atoms with Gasteiger partial charge < -0.3 is 9.84 Å². The third-order valence-electron chi connectivity index (χ3n) is 9.05. The van der Waals surface area contributed by atoms with Gasteiger partial charge >= 0.3 is 5.97 Å². The van der Waals surface area contributed by atoms with Gasteiger partial charge in [-0.05, 0) is 57.4 Å². The molecule has 0 aromatic carbocycles. The molecule has 4 aliphatic rings. The third-order valence-corrected chi connectivity index (χ3v) is 9.05. The van der Waals surface area contributed by atoms with Crippen molar-refractivity contribution in [2.45, 2.75) is 90.0 Å². The number of hydrogen-bond donors (Lipinski definition) is 1. The molecular weight excluding hydrogens is 375 g/mol. The molecule has 0 spiro atoms. The first-order chi connectivity index (χ1) is 13.4.